The smallest absolute Gasteiger partial charge is 0.194 e. The number of phenols is 2. The Labute approximate surface area is 140 Å². The fraction of sp³-hybridized carbons (Fsp3) is 0.700. The SMILES string of the molecule is CCCCCCCc1cc(O)c(O)c(F)c1CCCCCCC. The molecule has 0 saturated carbocycles. The van der Waals surface area contributed by atoms with Crippen LogP contribution in [0.25, 0.3) is 0 Å². The van der Waals surface area contributed by atoms with Gasteiger partial charge in [-0.1, -0.05) is 65.2 Å². The first kappa shape index (κ1) is 19.8. The van der Waals surface area contributed by atoms with Crippen molar-refractivity contribution >= 4 is 0 Å². The molecule has 0 aliphatic heterocycles. The van der Waals surface area contributed by atoms with Gasteiger partial charge in [0.1, 0.15) is 0 Å². The summed E-state index contributed by atoms with van der Waals surface area (Å²) in [7, 11) is 0. The summed E-state index contributed by atoms with van der Waals surface area (Å²) in [6.45, 7) is 4.36. The molecule has 0 aliphatic rings. The first-order valence-electron chi connectivity index (χ1n) is 9.33. The van der Waals surface area contributed by atoms with Crippen LogP contribution in [0.3, 0.4) is 0 Å². The molecule has 0 fully saturated rings. The van der Waals surface area contributed by atoms with Crippen LogP contribution in [0.2, 0.25) is 0 Å². The fourth-order valence-electron chi connectivity index (χ4n) is 3.03. The van der Waals surface area contributed by atoms with Gasteiger partial charge < -0.3 is 10.2 Å². The van der Waals surface area contributed by atoms with Crippen LogP contribution in [0.15, 0.2) is 6.07 Å². The molecule has 0 aromatic heterocycles. The summed E-state index contributed by atoms with van der Waals surface area (Å²) < 4.78 is 14.3. The molecule has 0 saturated heterocycles. The van der Waals surface area contributed by atoms with Crippen LogP contribution in [-0.4, -0.2) is 10.2 Å². The molecule has 132 valence electrons. The summed E-state index contributed by atoms with van der Waals surface area (Å²) in [4.78, 5) is 0. The predicted octanol–water partition coefficient (Wildman–Crippen LogP) is 6.26. The van der Waals surface area contributed by atoms with Crippen LogP contribution in [-0.2, 0) is 12.8 Å². The Balaban J connectivity index is 2.66. The van der Waals surface area contributed by atoms with Gasteiger partial charge in [-0.05, 0) is 42.9 Å². The monoisotopic (exact) mass is 324 g/mol. The first-order valence-corrected chi connectivity index (χ1v) is 9.33. The minimum Gasteiger partial charge on any atom is -0.504 e. The zero-order valence-electron chi connectivity index (χ0n) is 14.8. The predicted molar refractivity (Wildman–Crippen MR) is 94.7 cm³/mol. The molecule has 0 atom stereocenters. The lowest BCUT2D eigenvalue weighted by atomic mass is 9.95. The highest BCUT2D eigenvalue weighted by atomic mass is 19.1. The number of hydrogen-bond acceptors (Lipinski definition) is 2. The van der Waals surface area contributed by atoms with Gasteiger partial charge in [0.2, 0.25) is 0 Å². The average molecular weight is 324 g/mol. The molecule has 0 amide bonds. The van der Waals surface area contributed by atoms with Crippen molar-refractivity contribution in [1.82, 2.24) is 0 Å². The number of rotatable bonds is 12. The molecule has 3 heteroatoms. The van der Waals surface area contributed by atoms with Crippen molar-refractivity contribution in [2.24, 2.45) is 0 Å². The van der Waals surface area contributed by atoms with Crippen LogP contribution in [0.5, 0.6) is 11.5 Å². The van der Waals surface area contributed by atoms with E-state index in [1.165, 1.54) is 38.5 Å². The number of aryl methyl sites for hydroxylation is 1. The number of aromatic hydroxyl groups is 2. The molecule has 0 unspecified atom stereocenters. The Hall–Kier alpha value is -1.25. The minimum atomic E-state index is -0.621. The van der Waals surface area contributed by atoms with Gasteiger partial charge in [-0.15, -0.1) is 0 Å². The third kappa shape index (κ3) is 6.80. The maximum atomic E-state index is 14.3. The second-order valence-corrected chi connectivity index (χ2v) is 6.52. The summed E-state index contributed by atoms with van der Waals surface area (Å²) in [5, 5.41) is 19.4. The Kier molecular flexibility index (Phi) is 9.74. The van der Waals surface area contributed by atoms with Crippen molar-refractivity contribution in [1.29, 1.82) is 0 Å². The molecule has 2 nitrogen and oxygen atoms in total. The Bertz CT molecular complexity index is 457. The van der Waals surface area contributed by atoms with Crippen molar-refractivity contribution in [3.8, 4) is 11.5 Å². The summed E-state index contributed by atoms with van der Waals surface area (Å²) in [6, 6.07) is 1.56. The largest absolute Gasteiger partial charge is 0.504 e. The third-order valence-corrected chi connectivity index (χ3v) is 4.49. The van der Waals surface area contributed by atoms with E-state index in [2.05, 4.69) is 13.8 Å². The molecule has 1 aromatic rings. The zero-order chi connectivity index (χ0) is 17.1. The maximum absolute atomic E-state index is 14.3. The number of halogens is 1. The van der Waals surface area contributed by atoms with Gasteiger partial charge in [0.15, 0.2) is 17.3 Å². The van der Waals surface area contributed by atoms with Gasteiger partial charge in [0, 0.05) is 0 Å². The van der Waals surface area contributed by atoms with E-state index in [1.807, 2.05) is 0 Å². The Morgan fingerprint density at radius 1 is 0.783 bits per heavy atom. The van der Waals surface area contributed by atoms with Gasteiger partial charge >= 0.3 is 0 Å². The number of unbranched alkanes of at least 4 members (excludes halogenated alkanes) is 8. The molecule has 0 radical (unpaired) electrons. The van der Waals surface area contributed by atoms with Crippen molar-refractivity contribution < 1.29 is 14.6 Å². The van der Waals surface area contributed by atoms with E-state index in [0.717, 1.165) is 37.7 Å². The lowest BCUT2D eigenvalue weighted by molar-refractivity contribution is 0.375. The van der Waals surface area contributed by atoms with Crippen molar-refractivity contribution in [3.63, 3.8) is 0 Å². The minimum absolute atomic E-state index is 0.333. The molecule has 0 bridgehead atoms. The standard InChI is InChI=1S/C20H33FO2/c1-3-5-7-9-11-13-16-15-18(22)20(23)19(21)17(16)14-12-10-8-6-4-2/h15,22-23H,3-14H2,1-2H3. The van der Waals surface area contributed by atoms with Crippen LogP contribution < -0.4 is 0 Å². The summed E-state index contributed by atoms with van der Waals surface area (Å²) in [5.74, 6) is -1.55. The first-order chi connectivity index (χ1) is 11.1. The maximum Gasteiger partial charge on any atom is 0.194 e. The van der Waals surface area contributed by atoms with Gasteiger partial charge in [0.25, 0.3) is 0 Å². The van der Waals surface area contributed by atoms with Crippen molar-refractivity contribution in [2.45, 2.75) is 90.9 Å². The molecule has 23 heavy (non-hydrogen) atoms. The zero-order valence-corrected chi connectivity index (χ0v) is 14.8. The Morgan fingerprint density at radius 2 is 1.30 bits per heavy atom. The molecule has 1 rings (SSSR count). The lowest BCUT2D eigenvalue weighted by Gasteiger charge is -2.13. The Morgan fingerprint density at radius 3 is 1.87 bits per heavy atom. The highest BCUT2D eigenvalue weighted by Gasteiger charge is 2.17. The fourth-order valence-corrected chi connectivity index (χ4v) is 3.03. The highest BCUT2D eigenvalue weighted by molar-refractivity contribution is 5.47. The second kappa shape index (κ2) is 11.3. The molecule has 0 heterocycles. The molecule has 1 aromatic carbocycles. The van der Waals surface area contributed by atoms with Crippen molar-refractivity contribution in [2.75, 3.05) is 0 Å². The lowest BCUT2D eigenvalue weighted by Crippen LogP contribution is -2.00. The topological polar surface area (TPSA) is 40.5 Å². The second-order valence-electron chi connectivity index (χ2n) is 6.52. The summed E-state index contributed by atoms with van der Waals surface area (Å²) in [5.41, 5.74) is 1.47. The van der Waals surface area contributed by atoms with Gasteiger partial charge in [-0.25, -0.2) is 4.39 Å². The van der Waals surface area contributed by atoms with Gasteiger partial charge in [0.05, 0.1) is 0 Å². The van der Waals surface area contributed by atoms with Crippen LogP contribution >= 0.6 is 0 Å². The quantitative estimate of drug-likeness (QED) is 0.352. The van der Waals surface area contributed by atoms with Crippen LogP contribution in [0, 0.1) is 5.82 Å². The molecule has 0 aliphatic carbocycles. The molecule has 0 spiro atoms. The van der Waals surface area contributed by atoms with E-state index < -0.39 is 11.6 Å². The van der Waals surface area contributed by atoms with E-state index in [-0.39, 0.29) is 5.75 Å². The van der Waals surface area contributed by atoms with E-state index in [1.54, 1.807) is 6.07 Å². The summed E-state index contributed by atoms with van der Waals surface area (Å²) in [6.07, 6.45) is 12.8. The highest BCUT2D eigenvalue weighted by Crippen LogP contribution is 2.34. The third-order valence-electron chi connectivity index (χ3n) is 4.49. The van der Waals surface area contributed by atoms with Crippen LogP contribution in [0.1, 0.15) is 89.2 Å². The van der Waals surface area contributed by atoms with Crippen LogP contribution in [0.4, 0.5) is 4.39 Å². The number of hydrogen-bond donors (Lipinski definition) is 2. The number of benzene rings is 1. The van der Waals surface area contributed by atoms with Crippen molar-refractivity contribution in [3.05, 3.63) is 23.0 Å². The molecular weight excluding hydrogens is 291 g/mol. The molecule has 2 N–H and O–H groups in total. The van der Waals surface area contributed by atoms with E-state index >= 15 is 0 Å². The van der Waals surface area contributed by atoms with E-state index in [9.17, 15) is 14.6 Å². The summed E-state index contributed by atoms with van der Waals surface area (Å²) >= 11 is 0. The normalized spacial score (nSPS) is 11.1. The van der Waals surface area contributed by atoms with E-state index in [4.69, 9.17) is 0 Å². The molecular formula is C20H33FO2. The average Bonchev–Trinajstić information content (AvgIpc) is 2.54. The van der Waals surface area contributed by atoms with Gasteiger partial charge in [-0.2, -0.15) is 0 Å². The van der Waals surface area contributed by atoms with E-state index in [0.29, 0.717) is 12.0 Å². The number of phenolic OH excluding ortho intramolecular Hbond substituents is 2. The van der Waals surface area contributed by atoms with Gasteiger partial charge in [-0.3, -0.25) is 0 Å².